The molecule has 0 radical (unpaired) electrons. The summed E-state index contributed by atoms with van der Waals surface area (Å²) in [5.74, 6) is -1.04. The summed E-state index contributed by atoms with van der Waals surface area (Å²) in [6, 6.07) is 4.69. The van der Waals surface area contributed by atoms with Crippen LogP contribution in [0.15, 0.2) is 36.7 Å². The molecule has 0 bridgehead atoms. The van der Waals surface area contributed by atoms with E-state index in [1.54, 1.807) is 0 Å². The molecule has 1 N–H and O–H groups in total. The largest absolute Gasteiger partial charge is 0.488 e. The van der Waals surface area contributed by atoms with E-state index in [1.165, 1.54) is 29.4 Å². The van der Waals surface area contributed by atoms with Crippen LogP contribution in [0.25, 0.3) is 0 Å². The van der Waals surface area contributed by atoms with Crippen molar-refractivity contribution in [2.24, 2.45) is 0 Å². The number of hydrazine groups is 1. The zero-order valence-electron chi connectivity index (χ0n) is 17.1. The average Bonchev–Trinajstić information content (AvgIpc) is 3.19. The molecule has 1 aromatic rings. The number of alkyl halides is 8. The molecule has 0 atom stereocenters. The third-order valence-electron chi connectivity index (χ3n) is 4.14. The highest BCUT2D eigenvalue weighted by Crippen LogP contribution is 2.34. The van der Waals surface area contributed by atoms with Crippen LogP contribution in [0.5, 0.6) is 11.5 Å². The number of carboxylic acid groups (broad SMARTS) is 1. The minimum absolute atomic E-state index is 0.170. The van der Waals surface area contributed by atoms with Gasteiger partial charge in [0, 0.05) is 18.9 Å². The van der Waals surface area contributed by atoms with Crippen LogP contribution in [0, 0.1) is 0 Å². The van der Waals surface area contributed by atoms with Gasteiger partial charge in [0.2, 0.25) is 0 Å². The number of carbonyl (C=O) groups is 1. The maximum absolute atomic E-state index is 13.2. The Morgan fingerprint density at radius 2 is 1.62 bits per heavy atom. The summed E-state index contributed by atoms with van der Waals surface area (Å²) in [5.41, 5.74) is 0. The lowest BCUT2D eigenvalue weighted by atomic mass is 10.3. The number of benzene rings is 1. The number of amides is 1. The number of hydrogen-bond donors (Lipinski definition) is 1. The van der Waals surface area contributed by atoms with Gasteiger partial charge in [-0.1, -0.05) is 12.1 Å². The molecule has 0 saturated carbocycles. The van der Waals surface area contributed by atoms with E-state index in [1.807, 2.05) is 0 Å². The fourth-order valence-electron chi connectivity index (χ4n) is 2.54. The summed E-state index contributed by atoms with van der Waals surface area (Å²) in [7, 11) is 0. The van der Waals surface area contributed by atoms with Gasteiger partial charge in [0.05, 0.1) is 13.2 Å². The van der Waals surface area contributed by atoms with Crippen molar-refractivity contribution in [3.05, 3.63) is 36.7 Å². The maximum Gasteiger partial charge on any atom is 0.461 e. The van der Waals surface area contributed by atoms with Crippen molar-refractivity contribution < 1.29 is 59.2 Å². The summed E-state index contributed by atoms with van der Waals surface area (Å²) >= 11 is 0. The molecule has 34 heavy (non-hydrogen) atoms. The quantitative estimate of drug-likeness (QED) is 0.401. The van der Waals surface area contributed by atoms with Crippen molar-refractivity contribution in [2.75, 3.05) is 33.0 Å². The van der Waals surface area contributed by atoms with Gasteiger partial charge in [0.25, 0.3) is 0 Å². The molecule has 8 nitrogen and oxygen atoms in total. The Hall–Kier alpha value is -3.17. The highest BCUT2D eigenvalue weighted by molar-refractivity contribution is 5.64. The van der Waals surface area contributed by atoms with Crippen LogP contribution in [0.2, 0.25) is 0 Å². The number of ether oxygens (including phenoxy) is 3. The van der Waals surface area contributed by atoms with E-state index in [9.17, 15) is 45.0 Å². The first-order valence-corrected chi connectivity index (χ1v) is 9.39. The molecule has 1 heterocycles. The number of rotatable bonds is 13. The van der Waals surface area contributed by atoms with Crippen LogP contribution >= 0.6 is 0 Å². The highest BCUT2D eigenvalue weighted by atomic mass is 19.3. The molecule has 0 aliphatic carbocycles. The van der Waals surface area contributed by atoms with Crippen LogP contribution in [0.3, 0.4) is 0 Å². The molecule has 1 amide bonds. The zero-order chi connectivity index (χ0) is 25.5. The monoisotopic (exact) mass is 509 g/mol. The number of hydrogen-bond acceptors (Lipinski definition) is 6. The van der Waals surface area contributed by atoms with Crippen LogP contribution in [0.1, 0.15) is 0 Å². The predicted molar refractivity (Wildman–Crippen MR) is 97.7 cm³/mol. The van der Waals surface area contributed by atoms with Gasteiger partial charge in [0.15, 0.2) is 11.5 Å². The van der Waals surface area contributed by atoms with Crippen molar-refractivity contribution in [3.8, 4) is 11.5 Å². The van der Waals surface area contributed by atoms with Gasteiger partial charge in [0.1, 0.15) is 13.3 Å². The number of halogens is 8. The van der Waals surface area contributed by atoms with Gasteiger partial charge in [-0.05, 0) is 12.1 Å². The molecular formula is C18H19F8N3O5. The first kappa shape index (κ1) is 27.1. The molecule has 1 aliphatic rings. The normalized spacial score (nSPS) is 14.3. The molecular weight excluding hydrogens is 490 g/mol. The third kappa shape index (κ3) is 7.43. The predicted octanol–water partition coefficient (Wildman–Crippen LogP) is 4.12. The molecule has 0 saturated heterocycles. The van der Waals surface area contributed by atoms with Gasteiger partial charge in [-0.3, -0.25) is 5.01 Å². The van der Waals surface area contributed by atoms with Gasteiger partial charge in [-0.25, -0.2) is 18.6 Å². The third-order valence-corrected chi connectivity index (χ3v) is 4.14. The molecule has 192 valence electrons. The fraction of sp³-hybridized carbons (Fsp3) is 0.500. The van der Waals surface area contributed by atoms with Crippen LogP contribution in [-0.4, -0.2) is 84.2 Å². The van der Waals surface area contributed by atoms with Gasteiger partial charge >= 0.3 is 31.2 Å². The van der Waals surface area contributed by atoms with Gasteiger partial charge in [-0.2, -0.15) is 26.3 Å². The summed E-state index contributed by atoms with van der Waals surface area (Å²) in [6.45, 7) is -1.99. The maximum atomic E-state index is 13.2. The second-order valence-corrected chi connectivity index (χ2v) is 6.57. The molecule has 2 rings (SSSR count). The van der Waals surface area contributed by atoms with Crippen molar-refractivity contribution in [1.29, 1.82) is 0 Å². The molecule has 0 spiro atoms. The zero-order valence-corrected chi connectivity index (χ0v) is 17.1. The molecule has 16 heteroatoms. The Balaban J connectivity index is 1.89. The summed E-state index contributed by atoms with van der Waals surface area (Å²) in [4.78, 5) is 12.8. The molecule has 1 aliphatic heterocycles. The Labute approximate surface area is 187 Å². The average molecular weight is 509 g/mol. The summed E-state index contributed by atoms with van der Waals surface area (Å²) in [6.07, 6.45) is -16.4. The Kier molecular flexibility index (Phi) is 9.00. The van der Waals surface area contributed by atoms with E-state index in [4.69, 9.17) is 4.74 Å². The van der Waals surface area contributed by atoms with Crippen LogP contribution in [0.4, 0.5) is 39.9 Å². The topological polar surface area (TPSA) is 74.7 Å². The van der Waals surface area contributed by atoms with Crippen molar-refractivity contribution in [3.63, 3.8) is 0 Å². The lowest BCUT2D eigenvalue weighted by Crippen LogP contribution is -2.46. The smallest absolute Gasteiger partial charge is 0.461 e. The number of nitrogens with zero attached hydrogens (tertiary/aromatic N) is 3. The lowest BCUT2D eigenvalue weighted by molar-refractivity contribution is -0.300. The van der Waals surface area contributed by atoms with Crippen molar-refractivity contribution >= 4 is 6.09 Å². The van der Waals surface area contributed by atoms with Crippen molar-refractivity contribution in [2.45, 2.75) is 25.1 Å². The standard InChI is InChI=1S/C18H19F8N3O5/c19-14(20)17(23,24)33-10-7-27-5-6-28(11-27)29(16(30)31)8-9-32-12-3-1-2-4-13(12)34-18(25,26)15(21)22/h1-6,14-15H,7-11H2,(H,30,31). The second-order valence-electron chi connectivity index (χ2n) is 6.57. The molecule has 1 aromatic carbocycles. The summed E-state index contributed by atoms with van der Waals surface area (Å²) < 4.78 is 114. The van der Waals surface area contributed by atoms with E-state index >= 15 is 0 Å². The molecule has 0 aromatic heterocycles. The van der Waals surface area contributed by atoms with Gasteiger partial charge in [-0.15, -0.1) is 0 Å². The minimum atomic E-state index is -4.78. The summed E-state index contributed by atoms with van der Waals surface area (Å²) in [5, 5.41) is 11.2. The SMILES string of the molecule is O=C(O)N(CCOc1ccccc1OC(F)(F)C(F)F)N1C=CN(CCOC(F)(F)C(F)F)C1. The number of para-hydroxylation sites is 2. The Morgan fingerprint density at radius 3 is 2.21 bits per heavy atom. The van der Waals surface area contributed by atoms with E-state index in [0.717, 1.165) is 22.2 Å². The van der Waals surface area contributed by atoms with Gasteiger partial charge < -0.3 is 24.2 Å². The Bertz CT molecular complexity index is 846. The van der Waals surface area contributed by atoms with Crippen LogP contribution < -0.4 is 9.47 Å². The minimum Gasteiger partial charge on any atom is -0.488 e. The molecule has 0 unspecified atom stereocenters. The fourth-order valence-corrected chi connectivity index (χ4v) is 2.54. The van der Waals surface area contributed by atoms with Crippen LogP contribution in [-0.2, 0) is 4.74 Å². The van der Waals surface area contributed by atoms with E-state index in [2.05, 4.69) is 9.47 Å². The first-order chi connectivity index (χ1) is 15.8. The van der Waals surface area contributed by atoms with Crippen molar-refractivity contribution in [1.82, 2.24) is 14.9 Å². The molecule has 0 fully saturated rings. The lowest BCUT2D eigenvalue weighted by Gasteiger charge is -2.30. The highest BCUT2D eigenvalue weighted by Gasteiger charge is 2.44. The first-order valence-electron chi connectivity index (χ1n) is 9.39. The van der Waals surface area contributed by atoms with E-state index < -0.39 is 50.1 Å². The second kappa shape index (κ2) is 11.3. The van der Waals surface area contributed by atoms with E-state index in [0.29, 0.717) is 0 Å². The Morgan fingerprint density at radius 1 is 1.00 bits per heavy atom. The van der Waals surface area contributed by atoms with E-state index in [-0.39, 0.29) is 25.5 Å².